The molecule has 0 aliphatic heterocycles. The molecule has 0 saturated carbocycles. The minimum absolute atomic E-state index is 0.192. The quantitative estimate of drug-likeness (QED) is 0.149. The number of nitrogens with zero attached hydrogens (tertiary/aromatic N) is 2. The molecule has 0 radical (unpaired) electrons. The molecule has 8 rings (SSSR count). The minimum Gasteiger partial charge on any atom is -0.462 e. The third kappa shape index (κ3) is 5.61. The number of benzene rings is 4. The highest BCUT2D eigenvalue weighted by molar-refractivity contribution is 6.84. The first-order chi connectivity index (χ1) is 24.5. The van der Waals surface area contributed by atoms with E-state index in [4.69, 9.17) is 8.83 Å². The van der Waals surface area contributed by atoms with Crippen molar-refractivity contribution in [2.75, 3.05) is 38.0 Å². The Morgan fingerprint density at radius 2 is 0.882 bits per heavy atom. The Morgan fingerprint density at radius 1 is 0.490 bits per heavy atom. The molecule has 6 aromatic rings. The molecule has 4 nitrogen and oxygen atoms in total. The molecule has 4 aromatic carbocycles. The van der Waals surface area contributed by atoms with E-state index < -0.39 is 8.07 Å². The van der Waals surface area contributed by atoms with Gasteiger partial charge in [-0.15, -0.1) is 0 Å². The molecule has 0 fully saturated rings. The van der Waals surface area contributed by atoms with Crippen molar-refractivity contribution < 1.29 is 8.83 Å². The lowest BCUT2D eigenvalue weighted by atomic mass is 9.96. The lowest BCUT2D eigenvalue weighted by Crippen LogP contribution is -2.42. The molecule has 0 bridgehead atoms. The number of aryl methyl sites for hydroxylation is 2. The summed E-state index contributed by atoms with van der Waals surface area (Å²) in [5, 5.41) is 0. The van der Waals surface area contributed by atoms with E-state index in [0.29, 0.717) is 0 Å². The second-order valence-corrected chi connectivity index (χ2v) is 20.0. The summed E-state index contributed by atoms with van der Waals surface area (Å²) in [5.74, 6) is 3.80. The predicted molar refractivity (Wildman–Crippen MR) is 218 cm³/mol. The lowest BCUT2D eigenvalue weighted by Gasteiger charge is -2.39. The first-order valence-corrected chi connectivity index (χ1v) is 21.0. The number of fused-ring (bicyclic) bond motifs is 2. The van der Waals surface area contributed by atoms with Crippen LogP contribution in [0.15, 0.2) is 118 Å². The average Bonchev–Trinajstić information content (AvgIpc) is 3.92. The van der Waals surface area contributed by atoms with Gasteiger partial charge in [0.1, 0.15) is 23.0 Å². The van der Waals surface area contributed by atoms with Crippen molar-refractivity contribution in [1.82, 2.24) is 0 Å². The molecule has 2 atom stereocenters. The molecule has 0 amide bonds. The van der Waals surface area contributed by atoms with Crippen LogP contribution in [0.4, 0.5) is 11.4 Å². The van der Waals surface area contributed by atoms with E-state index in [9.17, 15) is 0 Å². The summed E-state index contributed by atoms with van der Waals surface area (Å²) in [6.07, 6.45) is 4.86. The van der Waals surface area contributed by atoms with Crippen LogP contribution in [0.3, 0.4) is 0 Å². The maximum atomic E-state index is 6.47. The highest BCUT2D eigenvalue weighted by Crippen LogP contribution is 2.58. The molecule has 2 aromatic heterocycles. The van der Waals surface area contributed by atoms with E-state index in [1.165, 1.54) is 67.0 Å². The maximum absolute atomic E-state index is 6.47. The van der Waals surface area contributed by atoms with Gasteiger partial charge in [0.25, 0.3) is 0 Å². The number of allylic oxidation sites excluding steroid dienone is 2. The zero-order chi connectivity index (χ0) is 35.6. The van der Waals surface area contributed by atoms with Crippen LogP contribution in [0, 0.1) is 13.8 Å². The summed E-state index contributed by atoms with van der Waals surface area (Å²) < 4.78 is 12.9. The van der Waals surface area contributed by atoms with Crippen LogP contribution in [0.2, 0.25) is 13.1 Å². The maximum Gasteiger partial charge on any atom is 0.130 e. The third-order valence-electron chi connectivity index (χ3n) is 11.1. The van der Waals surface area contributed by atoms with Crippen molar-refractivity contribution in [3.05, 3.63) is 154 Å². The lowest BCUT2D eigenvalue weighted by molar-refractivity contribution is 0.519. The summed E-state index contributed by atoms with van der Waals surface area (Å²) in [6, 6.07) is 40.2. The van der Waals surface area contributed by atoms with E-state index in [1.54, 1.807) is 0 Å². The highest BCUT2D eigenvalue weighted by Gasteiger charge is 2.50. The van der Waals surface area contributed by atoms with E-state index >= 15 is 0 Å². The summed E-state index contributed by atoms with van der Waals surface area (Å²) in [5.41, 5.74) is 15.7. The van der Waals surface area contributed by atoms with Crippen LogP contribution in [0.5, 0.6) is 0 Å². The molecule has 256 valence electrons. The topological polar surface area (TPSA) is 32.8 Å². The van der Waals surface area contributed by atoms with Crippen LogP contribution < -0.4 is 9.80 Å². The van der Waals surface area contributed by atoms with E-state index in [0.717, 1.165) is 23.0 Å². The van der Waals surface area contributed by atoms with E-state index in [1.807, 2.05) is 13.8 Å². The van der Waals surface area contributed by atoms with Gasteiger partial charge in [0.2, 0.25) is 0 Å². The van der Waals surface area contributed by atoms with Crippen molar-refractivity contribution in [2.45, 2.75) is 38.0 Å². The first kappa shape index (κ1) is 32.9. The summed E-state index contributed by atoms with van der Waals surface area (Å²) in [7, 11) is 5.97. The molecule has 51 heavy (non-hydrogen) atoms. The fourth-order valence-corrected chi connectivity index (χ4v) is 13.1. The molecule has 0 saturated heterocycles. The standard InChI is InChI=1S/C46H46N2O2Si/c1-29-15-25-43(49-29)41-27-39-35(31-17-21-33(22-18-31)47(3)4)11-9-13-37(39)45(41)51(7,8)46-38-14-10-12-36(32-19-23-34(24-20-32)48(5)6)40(38)28-42(46)44-26-16-30(2)50-44/h9-28,45-46H,1-8H3. The summed E-state index contributed by atoms with van der Waals surface area (Å²) in [6.45, 7) is 9.25. The molecular formula is C46H46N2O2Si. The first-order valence-electron chi connectivity index (χ1n) is 17.9. The Hall–Kier alpha value is -5.26. The SMILES string of the molecule is Cc1ccc(C2=Cc3c(-c4ccc(N(C)C)cc4)cccc3C2[Si](C)(C)C2C(c3ccc(C)o3)=Cc3c(-c4ccc(N(C)C)cc4)cccc32)o1. The zero-order valence-electron chi connectivity index (χ0n) is 30.9. The normalized spacial score (nSPS) is 16.5. The molecule has 0 spiro atoms. The predicted octanol–water partition coefficient (Wildman–Crippen LogP) is 11.7. The van der Waals surface area contributed by atoms with Crippen LogP contribution in [-0.4, -0.2) is 36.3 Å². The van der Waals surface area contributed by atoms with Crippen molar-refractivity contribution in [2.24, 2.45) is 0 Å². The van der Waals surface area contributed by atoms with Crippen molar-refractivity contribution in [3.8, 4) is 22.3 Å². The number of furan rings is 2. The van der Waals surface area contributed by atoms with Gasteiger partial charge in [-0.05, 0) is 119 Å². The van der Waals surface area contributed by atoms with Crippen molar-refractivity contribution in [3.63, 3.8) is 0 Å². The van der Waals surface area contributed by atoms with Crippen LogP contribution >= 0.6 is 0 Å². The second-order valence-electron chi connectivity index (χ2n) is 15.2. The van der Waals surface area contributed by atoms with Gasteiger partial charge in [0.15, 0.2) is 0 Å². The molecule has 2 unspecified atom stereocenters. The fraction of sp³-hybridized carbons (Fsp3) is 0.217. The monoisotopic (exact) mass is 686 g/mol. The fourth-order valence-electron chi connectivity index (χ4n) is 8.56. The minimum atomic E-state index is -2.38. The Morgan fingerprint density at radius 3 is 1.22 bits per heavy atom. The smallest absolute Gasteiger partial charge is 0.130 e. The van der Waals surface area contributed by atoms with Crippen LogP contribution in [0.25, 0.3) is 45.6 Å². The number of hydrogen-bond donors (Lipinski definition) is 0. The average molecular weight is 687 g/mol. The Kier molecular flexibility index (Phi) is 8.07. The van der Waals surface area contributed by atoms with Gasteiger partial charge in [-0.3, -0.25) is 0 Å². The zero-order valence-corrected chi connectivity index (χ0v) is 31.9. The van der Waals surface area contributed by atoms with Gasteiger partial charge in [0.05, 0.1) is 8.07 Å². The Labute approximate surface area is 303 Å². The summed E-state index contributed by atoms with van der Waals surface area (Å²) in [4.78, 5) is 4.30. The molecule has 2 heterocycles. The van der Waals surface area contributed by atoms with Gasteiger partial charge in [-0.25, -0.2) is 0 Å². The van der Waals surface area contributed by atoms with Crippen LogP contribution in [0.1, 0.15) is 56.4 Å². The highest BCUT2D eigenvalue weighted by atomic mass is 28.3. The number of hydrogen-bond acceptors (Lipinski definition) is 4. The van der Waals surface area contributed by atoms with Gasteiger partial charge >= 0.3 is 0 Å². The Bertz CT molecular complexity index is 2150. The van der Waals surface area contributed by atoms with E-state index in [2.05, 4.69) is 172 Å². The van der Waals surface area contributed by atoms with Gasteiger partial charge in [-0.2, -0.15) is 0 Å². The third-order valence-corrected chi connectivity index (χ3v) is 15.3. The molecular weight excluding hydrogens is 641 g/mol. The van der Waals surface area contributed by atoms with Gasteiger partial charge in [0, 0.05) is 61.8 Å². The molecule has 0 N–H and O–H groups in total. The summed E-state index contributed by atoms with van der Waals surface area (Å²) >= 11 is 0. The van der Waals surface area contributed by atoms with Gasteiger partial charge in [-0.1, -0.05) is 73.8 Å². The molecule has 2 aliphatic rings. The Balaban J connectivity index is 1.31. The van der Waals surface area contributed by atoms with Crippen molar-refractivity contribution in [1.29, 1.82) is 0 Å². The van der Waals surface area contributed by atoms with E-state index in [-0.39, 0.29) is 11.1 Å². The largest absolute Gasteiger partial charge is 0.462 e. The van der Waals surface area contributed by atoms with Gasteiger partial charge < -0.3 is 18.6 Å². The van der Waals surface area contributed by atoms with Crippen molar-refractivity contribution >= 4 is 42.7 Å². The molecule has 2 aliphatic carbocycles. The van der Waals surface area contributed by atoms with Crippen LogP contribution in [-0.2, 0) is 0 Å². The molecule has 5 heteroatoms. The number of rotatable bonds is 8. The second kappa shape index (κ2) is 12.5. The number of anilines is 2.